The van der Waals surface area contributed by atoms with E-state index in [1.807, 2.05) is 30.3 Å². The average molecular weight is 290 g/mol. The zero-order valence-electron chi connectivity index (χ0n) is 11.8. The average Bonchev–Trinajstić information content (AvgIpc) is 2.37. The summed E-state index contributed by atoms with van der Waals surface area (Å²) in [6.07, 6.45) is 0. The van der Waals surface area contributed by atoms with E-state index in [0.29, 0.717) is 0 Å². The molecule has 4 heteroatoms. The van der Waals surface area contributed by atoms with Crippen LogP contribution in [0.15, 0.2) is 53.4 Å². The zero-order valence-corrected chi connectivity index (χ0v) is 12.6. The van der Waals surface area contributed by atoms with Crippen molar-refractivity contribution in [1.82, 2.24) is 0 Å². The quantitative estimate of drug-likeness (QED) is 0.853. The summed E-state index contributed by atoms with van der Waals surface area (Å²) in [5.74, 6) is 0. The molecular formula is C16H18O3S. The third kappa shape index (κ3) is 3.26. The largest absolute Gasteiger partial charge is 0.294 e. The Morgan fingerprint density at radius 2 is 1.50 bits per heavy atom. The summed E-state index contributed by atoms with van der Waals surface area (Å²) < 4.78 is 31.4. The maximum atomic E-state index is 11.2. The van der Waals surface area contributed by atoms with Crippen LogP contribution in [0.25, 0.3) is 11.1 Å². The number of rotatable bonds is 2. The number of benzene rings is 2. The molecule has 0 unspecified atom stereocenters. The van der Waals surface area contributed by atoms with E-state index < -0.39 is 10.1 Å². The highest BCUT2D eigenvalue weighted by Gasteiger charge is 2.14. The molecule has 0 atom stereocenters. The van der Waals surface area contributed by atoms with Gasteiger partial charge in [-0.05, 0) is 34.2 Å². The second-order valence-electron chi connectivity index (χ2n) is 5.83. The van der Waals surface area contributed by atoms with Crippen LogP contribution in [-0.4, -0.2) is 13.0 Å². The van der Waals surface area contributed by atoms with Gasteiger partial charge in [0.2, 0.25) is 0 Å². The van der Waals surface area contributed by atoms with Crippen LogP contribution in [0.5, 0.6) is 0 Å². The lowest BCUT2D eigenvalue weighted by molar-refractivity contribution is 0.483. The predicted molar refractivity (Wildman–Crippen MR) is 80.4 cm³/mol. The molecule has 0 spiro atoms. The van der Waals surface area contributed by atoms with Gasteiger partial charge in [0.25, 0.3) is 10.1 Å². The van der Waals surface area contributed by atoms with Crippen molar-refractivity contribution < 1.29 is 13.0 Å². The van der Waals surface area contributed by atoms with Gasteiger partial charge in [-0.1, -0.05) is 57.2 Å². The van der Waals surface area contributed by atoms with Crippen molar-refractivity contribution in [3.05, 3.63) is 54.1 Å². The fourth-order valence-electron chi connectivity index (χ4n) is 2.00. The summed E-state index contributed by atoms with van der Waals surface area (Å²) in [6, 6.07) is 14.3. The minimum absolute atomic E-state index is 0.0782. The molecule has 0 bridgehead atoms. The Hall–Kier alpha value is -1.65. The topological polar surface area (TPSA) is 54.4 Å². The van der Waals surface area contributed by atoms with Crippen molar-refractivity contribution in [2.75, 3.05) is 0 Å². The fourth-order valence-corrected chi connectivity index (χ4v) is 2.53. The second kappa shape index (κ2) is 5.04. The Labute approximate surface area is 120 Å². The maximum absolute atomic E-state index is 11.2. The van der Waals surface area contributed by atoms with Crippen LogP contribution in [0.2, 0.25) is 0 Å². The summed E-state index contributed by atoms with van der Waals surface area (Å²) in [5.41, 5.74) is 2.98. The molecule has 2 aromatic carbocycles. The third-order valence-electron chi connectivity index (χ3n) is 3.22. The molecule has 0 fully saturated rings. The summed E-state index contributed by atoms with van der Waals surface area (Å²) in [7, 11) is -4.16. The van der Waals surface area contributed by atoms with E-state index in [1.165, 1.54) is 17.7 Å². The Kier molecular flexibility index (Phi) is 3.71. The molecular weight excluding hydrogens is 272 g/mol. The second-order valence-corrected chi connectivity index (χ2v) is 7.25. The van der Waals surface area contributed by atoms with Gasteiger partial charge in [0.1, 0.15) is 0 Å². The van der Waals surface area contributed by atoms with Crippen LogP contribution >= 0.6 is 0 Å². The Bertz CT molecular complexity index is 708. The van der Waals surface area contributed by atoms with Gasteiger partial charge in [-0.3, -0.25) is 4.55 Å². The summed E-state index contributed by atoms with van der Waals surface area (Å²) >= 11 is 0. The molecule has 0 saturated carbocycles. The number of hydrogen-bond donors (Lipinski definition) is 1. The van der Waals surface area contributed by atoms with Crippen LogP contribution in [0.3, 0.4) is 0 Å². The Morgan fingerprint density at radius 1 is 0.900 bits per heavy atom. The predicted octanol–water partition coefficient (Wildman–Crippen LogP) is 3.90. The minimum atomic E-state index is -4.16. The van der Waals surface area contributed by atoms with Crippen molar-refractivity contribution >= 4 is 10.1 Å². The molecule has 0 saturated heterocycles. The van der Waals surface area contributed by atoms with Gasteiger partial charge in [-0.2, -0.15) is 8.42 Å². The van der Waals surface area contributed by atoms with Crippen molar-refractivity contribution in [3.8, 4) is 11.1 Å². The van der Waals surface area contributed by atoms with E-state index >= 15 is 0 Å². The van der Waals surface area contributed by atoms with E-state index in [9.17, 15) is 8.42 Å². The standard InChI is InChI=1S/C16H18O3S/c1-16(2,3)14-9-7-12(8-10-14)13-5-4-6-15(11-13)20(17,18)19/h4-11H,1-3H3,(H,17,18,19). The molecule has 2 rings (SSSR count). The fraction of sp³-hybridized carbons (Fsp3) is 0.250. The smallest absolute Gasteiger partial charge is 0.282 e. The lowest BCUT2D eigenvalue weighted by Crippen LogP contribution is -2.10. The van der Waals surface area contributed by atoms with Gasteiger partial charge in [-0.15, -0.1) is 0 Å². The third-order valence-corrected chi connectivity index (χ3v) is 4.07. The zero-order chi connectivity index (χ0) is 15.0. The minimum Gasteiger partial charge on any atom is -0.282 e. The molecule has 0 heterocycles. The highest BCUT2D eigenvalue weighted by molar-refractivity contribution is 7.85. The lowest BCUT2D eigenvalue weighted by Gasteiger charge is -2.19. The normalized spacial score (nSPS) is 12.4. The van der Waals surface area contributed by atoms with Crippen LogP contribution in [0.1, 0.15) is 26.3 Å². The maximum Gasteiger partial charge on any atom is 0.294 e. The molecule has 0 aliphatic heterocycles. The van der Waals surface area contributed by atoms with Gasteiger partial charge in [0, 0.05) is 0 Å². The van der Waals surface area contributed by atoms with E-state index in [1.54, 1.807) is 6.07 Å². The first-order valence-corrected chi connectivity index (χ1v) is 7.80. The first-order chi connectivity index (χ1) is 9.18. The summed E-state index contributed by atoms with van der Waals surface area (Å²) in [4.78, 5) is -0.0881. The van der Waals surface area contributed by atoms with Crippen LogP contribution < -0.4 is 0 Å². The van der Waals surface area contributed by atoms with E-state index in [2.05, 4.69) is 20.8 Å². The Morgan fingerprint density at radius 3 is 2.00 bits per heavy atom. The first-order valence-electron chi connectivity index (χ1n) is 6.36. The molecule has 0 aromatic heterocycles. The van der Waals surface area contributed by atoms with Gasteiger partial charge in [0.15, 0.2) is 0 Å². The first kappa shape index (κ1) is 14.8. The van der Waals surface area contributed by atoms with Gasteiger partial charge in [-0.25, -0.2) is 0 Å². The molecule has 3 nitrogen and oxygen atoms in total. The van der Waals surface area contributed by atoms with Gasteiger partial charge in [0.05, 0.1) is 4.90 Å². The molecule has 20 heavy (non-hydrogen) atoms. The van der Waals surface area contributed by atoms with Gasteiger partial charge < -0.3 is 0 Å². The van der Waals surface area contributed by atoms with Crippen molar-refractivity contribution in [2.24, 2.45) is 0 Å². The van der Waals surface area contributed by atoms with Crippen LogP contribution in [0, 0.1) is 0 Å². The summed E-state index contributed by atoms with van der Waals surface area (Å²) in [5, 5.41) is 0. The highest BCUT2D eigenvalue weighted by Crippen LogP contribution is 2.27. The van der Waals surface area contributed by atoms with E-state index in [0.717, 1.165) is 11.1 Å². The highest BCUT2D eigenvalue weighted by atomic mass is 32.2. The van der Waals surface area contributed by atoms with E-state index in [4.69, 9.17) is 4.55 Å². The van der Waals surface area contributed by atoms with Crippen molar-refractivity contribution in [3.63, 3.8) is 0 Å². The van der Waals surface area contributed by atoms with Crippen molar-refractivity contribution in [1.29, 1.82) is 0 Å². The van der Waals surface area contributed by atoms with Crippen LogP contribution in [-0.2, 0) is 15.5 Å². The van der Waals surface area contributed by atoms with Gasteiger partial charge >= 0.3 is 0 Å². The molecule has 1 N–H and O–H groups in total. The summed E-state index contributed by atoms with van der Waals surface area (Å²) in [6.45, 7) is 6.42. The lowest BCUT2D eigenvalue weighted by atomic mass is 9.86. The van der Waals surface area contributed by atoms with Crippen LogP contribution in [0.4, 0.5) is 0 Å². The monoisotopic (exact) mass is 290 g/mol. The number of hydrogen-bond acceptors (Lipinski definition) is 2. The molecule has 0 radical (unpaired) electrons. The molecule has 0 aliphatic carbocycles. The SMILES string of the molecule is CC(C)(C)c1ccc(-c2cccc(S(=O)(=O)O)c2)cc1. The van der Waals surface area contributed by atoms with Crippen molar-refractivity contribution in [2.45, 2.75) is 31.1 Å². The molecule has 0 aliphatic rings. The molecule has 2 aromatic rings. The van der Waals surface area contributed by atoms with E-state index in [-0.39, 0.29) is 10.3 Å². The Balaban J connectivity index is 2.43. The molecule has 0 amide bonds. The molecule has 106 valence electrons.